The zero-order valence-corrected chi connectivity index (χ0v) is 18.1. The molecule has 0 fully saturated rings. The van der Waals surface area contributed by atoms with Crippen molar-refractivity contribution in [3.63, 3.8) is 0 Å². The van der Waals surface area contributed by atoms with E-state index in [9.17, 15) is 14.3 Å². The Hall–Kier alpha value is -4.14. The molecule has 1 N–H and O–H groups in total. The lowest BCUT2D eigenvalue weighted by Gasteiger charge is -2.08. The number of halogens is 1. The summed E-state index contributed by atoms with van der Waals surface area (Å²) in [6.45, 7) is 2.53. The quantitative estimate of drug-likeness (QED) is 0.219. The van der Waals surface area contributed by atoms with Crippen molar-refractivity contribution in [2.45, 2.75) is 19.9 Å². The molecule has 2 heterocycles. The Morgan fingerprint density at radius 2 is 2.00 bits per heavy atom. The molecule has 0 spiro atoms. The normalized spacial score (nSPS) is 11.7. The van der Waals surface area contributed by atoms with Crippen LogP contribution >= 0.6 is 0 Å². The first-order valence-corrected chi connectivity index (χ1v) is 10.3. The number of benzene rings is 2. The van der Waals surface area contributed by atoms with Gasteiger partial charge < -0.3 is 23.8 Å². The zero-order valence-electron chi connectivity index (χ0n) is 18.1. The fourth-order valence-corrected chi connectivity index (χ4v) is 3.40. The average Bonchev–Trinajstić information content (AvgIpc) is 3.44. The van der Waals surface area contributed by atoms with Crippen LogP contribution in [0.2, 0.25) is 0 Å². The van der Waals surface area contributed by atoms with Gasteiger partial charge >= 0.3 is 5.97 Å². The van der Waals surface area contributed by atoms with Crippen LogP contribution in [0.4, 0.5) is 4.39 Å². The number of hydrogen-bond acceptors (Lipinski definition) is 6. The Balaban J connectivity index is 1.73. The fourth-order valence-electron chi connectivity index (χ4n) is 3.40. The lowest BCUT2D eigenvalue weighted by molar-refractivity contribution is 0.0699. The summed E-state index contributed by atoms with van der Waals surface area (Å²) in [6.07, 6.45) is 2.31. The fraction of sp³-hybridized carbons (Fsp3) is 0.208. The van der Waals surface area contributed by atoms with Crippen molar-refractivity contribution in [3.8, 4) is 17.0 Å². The number of carboxylic acids is 1. The number of carboxylic acid groups (broad SMARTS) is 1. The van der Waals surface area contributed by atoms with Crippen LogP contribution in [0, 0.1) is 5.82 Å². The van der Waals surface area contributed by atoms with E-state index < -0.39 is 5.97 Å². The topological polar surface area (TPSA) is 99.1 Å². The van der Waals surface area contributed by atoms with Gasteiger partial charge in [0.25, 0.3) is 0 Å². The summed E-state index contributed by atoms with van der Waals surface area (Å²) in [4.78, 5) is 17.2. The second kappa shape index (κ2) is 9.56. The molecule has 0 radical (unpaired) electrons. The average molecular weight is 451 g/mol. The van der Waals surface area contributed by atoms with E-state index in [1.165, 1.54) is 12.1 Å². The highest BCUT2D eigenvalue weighted by molar-refractivity contribution is 6.05. The third-order valence-electron chi connectivity index (χ3n) is 5.04. The van der Waals surface area contributed by atoms with Crippen LogP contribution in [0.3, 0.4) is 0 Å². The molecule has 0 amide bonds. The van der Waals surface area contributed by atoms with Crippen LogP contribution in [0.1, 0.15) is 29.5 Å². The number of oxime groups is 1. The van der Waals surface area contributed by atoms with Crippen molar-refractivity contribution in [1.82, 2.24) is 9.72 Å². The maximum absolute atomic E-state index is 13.3. The van der Waals surface area contributed by atoms with E-state index >= 15 is 0 Å². The molecular formula is C24H22FN3O5. The smallest absolute Gasteiger partial charge is 0.337 e. The van der Waals surface area contributed by atoms with Crippen molar-refractivity contribution in [3.05, 3.63) is 71.9 Å². The third kappa shape index (κ3) is 4.72. The van der Waals surface area contributed by atoms with Crippen molar-refractivity contribution in [2.75, 3.05) is 13.7 Å². The highest BCUT2D eigenvalue weighted by Gasteiger charge is 2.19. The molecule has 0 unspecified atom stereocenters. The molecule has 4 rings (SSSR count). The second-order valence-corrected chi connectivity index (χ2v) is 7.31. The van der Waals surface area contributed by atoms with Crippen LogP contribution < -0.4 is 4.74 Å². The van der Waals surface area contributed by atoms with Gasteiger partial charge in [0, 0.05) is 29.3 Å². The van der Waals surface area contributed by atoms with E-state index in [1.54, 1.807) is 54.3 Å². The van der Waals surface area contributed by atoms with Crippen molar-refractivity contribution in [2.24, 2.45) is 5.16 Å². The summed E-state index contributed by atoms with van der Waals surface area (Å²) in [5.41, 5.74) is 2.43. The van der Waals surface area contributed by atoms with Crippen LogP contribution in [0.5, 0.6) is 5.75 Å². The Labute approximate surface area is 188 Å². The largest absolute Gasteiger partial charge is 0.497 e. The molecule has 0 bridgehead atoms. The van der Waals surface area contributed by atoms with E-state index in [0.717, 1.165) is 6.42 Å². The van der Waals surface area contributed by atoms with Gasteiger partial charge in [0.05, 0.1) is 24.7 Å². The molecule has 0 atom stereocenters. The Morgan fingerprint density at radius 1 is 1.21 bits per heavy atom. The van der Waals surface area contributed by atoms with E-state index in [1.807, 2.05) is 6.92 Å². The summed E-state index contributed by atoms with van der Waals surface area (Å²) in [7, 11) is 1.55. The number of aromatic carboxylic acids is 1. The van der Waals surface area contributed by atoms with Gasteiger partial charge in [0.15, 0.2) is 5.76 Å². The van der Waals surface area contributed by atoms with Gasteiger partial charge in [-0.05, 0) is 42.8 Å². The predicted molar refractivity (Wildman–Crippen MR) is 120 cm³/mol. The Bertz CT molecular complexity index is 1310. The second-order valence-electron chi connectivity index (χ2n) is 7.31. The Morgan fingerprint density at radius 3 is 2.70 bits per heavy atom. The SMILES string of the molecule is CCCO/N=C(\Cn1cc(C(=O)O)c2ccc(OC)cc21)c1cc(-c2ccc(F)cc2)no1. The molecule has 33 heavy (non-hydrogen) atoms. The lowest BCUT2D eigenvalue weighted by atomic mass is 10.1. The summed E-state index contributed by atoms with van der Waals surface area (Å²) < 4.78 is 25.8. The highest BCUT2D eigenvalue weighted by atomic mass is 19.1. The van der Waals surface area contributed by atoms with Crippen LogP contribution in [-0.2, 0) is 11.4 Å². The molecule has 0 aliphatic carbocycles. The van der Waals surface area contributed by atoms with Gasteiger partial charge in [-0.1, -0.05) is 17.2 Å². The Kier molecular flexibility index (Phi) is 6.39. The van der Waals surface area contributed by atoms with Crippen molar-refractivity contribution in [1.29, 1.82) is 0 Å². The van der Waals surface area contributed by atoms with Gasteiger partial charge in [0.2, 0.25) is 0 Å². The molecular weight excluding hydrogens is 429 g/mol. The number of ether oxygens (including phenoxy) is 1. The molecule has 4 aromatic rings. The molecule has 2 aromatic carbocycles. The number of hydrogen-bond donors (Lipinski definition) is 1. The molecule has 0 saturated heterocycles. The lowest BCUT2D eigenvalue weighted by Crippen LogP contribution is -2.11. The molecule has 0 aliphatic heterocycles. The summed E-state index contributed by atoms with van der Waals surface area (Å²) in [5, 5.41) is 18.5. The standard InChI is InChI=1S/C24H22FN3O5/c1-3-10-32-26-21(23-12-20(27-33-23)15-4-6-16(25)7-5-15)14-28-13-19(24(29)30)18-9-8-17(31-2)11-22(18)28/h4-9,11-13H,3,10,14H2,1-2H3,(H,29,30)/b26-21+. The summed E-state index contributed by atoms with van der Waals surface area (Å²) in [5.74, 6) is -0.436. The van der Waals surface area contributed by atoms with E-state index in [0.29, 0.717) is 46.0 Å². The number of aromatic nitrogens is 2. The number of methoxy groups -OCH3 is 1. The van der Waals surface area contributed by atoms with E-state index in [2.05, 4.69) is 10.3 Å². The molecule has 2 aromatic heterocycles. The van der Waals surface area contributed by atoms with Crippen LogP contribution in [0.25, 0.3) is 22.2 Å². The van der Waals surface area contributed by atoms with Gasteiger partial charge in [-0.25, -0.2) is 9.18 Å². The number of fused-ring (bicyclic) bond motifs is 1. The first kappa shape index (κ1) is 22.1. The molecule has 0 aliphatic rings. The van der Waals surface area contributed by atoms with Gasteiger partial charge in [-0.2, -0.15) is 0 Å². The monoisotopic (exact) mass is 451 g/mol. The summed E-state index contributed by atoms with van der Waals surface area (Å²) in [6, 6.07) is 12.8. The molecule has 170 valence electrons. The van der Waals surface area contributed by atoms with Crippen LogP contribution in [-0.4, -0.2) is 40.2 Å². The number of carbonyl (C=O) groups is 1. The highest BCUT2D eigenvalue weighted by Crippen LogP contribution is 2.27. The maximum atomic E-state index is 13.3. The predicted octanol–water partition coefficient (Wildman–Crippen LogP) is 4.97. The van der Waals surface area contributed by atoms with Gasteiger partial charge in [-0.15, -0.1) is 0 Å². The maximum Gasteiger partial charge on any atom is 0.337 e. The summed E-state index contributed by atoms with van der Waals surface area (Å²) >= 11 is 0. The van der Waals surface area contributed by atoms with Gasteiger partial charge in [0.1, 0.15) is 29.6 Å². The minimum absolute atomic E-state index is 0.158. The number of nitrogens with zero attached hydrogens (tertiary/aromatic N) is 3. The van der Waals surface area contributed by atoms with E-state index in [-0.39, 0.29) is 17.9 Å². The first-order chi connectivity index (χ1) is 16.0. The molecule has 9 heteroatoms. The minimum Gasteiger partial charge on any atom is -0.497 e. The minimum atomic E-state index is -1.04. The van der Waals surface area contributed by atoms with Crippen molar-refractivity contribution < 1.29 is 28.4 Å². The van der Waals surface area contributed by atoms with Gasteiger partial charge in [-0.3, -0.25) is 0 Å². The van der Waals surface area contributed by atoms with Crippen LogP contribution in [0.15, 0.2) is 64.4 Å². The number of rotatable bonds is 9. The zero-order chi connectivity index (χ0) is 23.4. The van der Waals surface area contributed by atoms with Crippen molar-refractivity contribution >= 4 is 22.6 Å². The first-order valence-electron chi connectivity index (χ1n) is 10.3. The van der Waals surface area contributed by atoms with E-state index in [4.69, 9.17) is 14.1 Å². The molecule has 8 nitrogen and oxygen atoms in total. The third-order valence-corrected chi connectivity index (χ3v) is 5.04. The molecule has 0 saturated carbocycles.